The van der Waals surface area contributed by atoms with E-state index in [0.717, 1.165) is 5.56 Å². The van der Waals surface area contributed by atoms with Crippen LogP contribution in [0.15, 0.2) is 39.9 Å². The van der Waals surface area contributed by atoms with E-state index >= 15 is 0 Å². The van der Waals surface area contributed by atoms with Gasteiger partial charge < -0.3 is 11.1 Å². The summed E-state index contributed by atoms with van der Waals surface area (Å²) in [5, 5.41) is 7.23. The molecule has 1 unspecified atom stereocenters. The van der Waals surface area contributed by atoms with Gasteiger partial charge in [-0.1, -0.05) is 0 Å². The molecule has 2 rings (SSSR count). The summed E-state index contributed by atoms with van der Waals surface area (Å²) < 4.78 is 26.4. The number of anilines is 2. The third-order valence-electron chi connectivity index (χ3n) is 2.98. The summed E-state index contributed by atoms with van der Waals surface area (Å²) in [6.45, 7) is 1.98. The van der Waals surface area contributed by atoms with Crippen molar-refractivity contribution in [2.24, 2.45) is 0 Å². The minimum Gasteiger partial charge on any atom is -0.399 e. The molecule has 0 saturated heterocycles. The van der Waals surface area contributed by atoms with E-state index in [9.17, 15) is 8.42 Å². The van der Waals surface area contributed by atoms with Crippen LogP contribution in [0.25, 0.3) is 0 Å². The molecule has 0 aliphatic rings. The molecule has 5 nitrogen and oxygen atoms in total. The van der Waals surface area contributed by atoms with E-state index in [1.165, 1.54) is 13.1 Å². The van der Waals surface area contributed by atoms with Gasteiger partial charge >= 0.3 is 0 Å². The summed E-state index contributed by atoms with van der Waals surface area (Å²) in [6.07, 6.45) is 0. The number of rotatable bonds is 5. The van der Waals surface area contributed by atoms with Gasteiger partial charge in [0.2, 0.25) is 10.0 Å². The predicted molar refractivity (Wildman–Crippen MR) is 83.5 cm³/mol. The Morgan fingerprint density at radius 3 is 2.65 bits per heavy atom. The van der Waals surface area contributed by atoms with E-state index in [2.05, 4.69) is 10.0 Å². The van der Waals surface area contributed by atoms with E-state index in [1.54, 1.807) is 23.5 Å². The van der Waals surface area contributed by atoms with Crippen molar-refractivity contribution in [3.8, 4) is 0 Å². The van der Waals surface area contributed by atoms with Crippen molar-refractivity contribution in [3.63, 3.8) is 0 Å². The van der Waals surface area contributed by atoms with Gasteiger partial charge in [-0.25, -0.2) is 13.1 Å². The molecule has 2 aromatic rings. The monoisotopic (exact) mass is 311 g/mol. The molecule has 0 aliphatic heterocycles. The summed E-state index contributed by atoms with van der Waals surface area (Å²) in [4.78, 5) is 0.155. The first kappa shape index (κ1) is 14.8. The topological polar surface area (TPSA) is 84.2 Å². The fraction of sp³-hybridized carbons (Fsp3) is 0.231. The van der Waals surface area contributed by atoms with Crippen molar-refractivity contribution in [1.29, 1.82) is 0 Å². The molecule has 4 N–H and O–H groups in total. The van der Waals surface area contributed by atoms with Gasteiger partial charge in [-0.05, 0) is 54.6 Å². The van der Waals surface area contributed by atoms with Gasteiger partial charge in [0, 0.05) is 11.7 Å². The highest BCUT2D eigenvalue weighted by Gasteiger charge is 2.18. The molecule has 108 valence electrons. The van der Waals surface area contributed by atoms with Gasteiger partial charge in [-0.15, -0.1) is 0 Å². The SMILES string of the molecule is CNS(=O)(=O)c1cc(N)ccc1NC(C)c1ccsc1. The van der Waals surface area contributed by atoms with E-state index in [0.29, 0.717) is 11.4 Å². The van der Waals surface area contributed by atoms with Crippen molar-refractivity contribution in [1.82, 2.24) is 4.72 Å². The highest BCUT2D eigenvalue weighted by molar-refractivity contribution is 7.89. The van der Waals surface area contributed by atoms with E-state index < -0.39 is 10.0 Å². The van der Waals surface area contributed by atoms with Gasteiger partial charge in [0.15, 0.2) is 0 Å². The summed E-state index contributed by atoms with van der Waals surface area (Å²) in [6, 6.07) is 6.83. The number of nitrogen functional groups attached to an aromatic ring is 1. The second-order valence-corrected chi connectivity index (χ2v) is 7.02. The lowest BCUT2D eigenvalue weighted by Gasteiger charge is -2.17. The standard InChI is InChI=1S/C13H17N3O2S2/c1-9(10-5-6-19-8-10)16-12-4-3-11(14)7-13(12)20(17,18)15-2/h3-9,15-16H,14H2,1-2H3. The molecule has 0 aliphatic carbocycles. The number of nitrogens with two attached hydrogens (primary N) is 1. The van der Waals surface area contributed by atoms with Crippen LogP contribution >= 0.6 is 11.3 Å². The Bertz CT molecular complexity index is 682. The highest BCUT2D eigenvalue weighted by Crippen LogP contribution is 2.28. The Kier molecular flexibility index (Phi) is 4.32. The Labute approximate surface area is 122 Å². The number of sulfonamides is 1. The van der Waals surface area contributed by atoms with Crippen LogP contribution in [-0.2, 0) is 10.0 Å². The molecule has 1 atom stereocenters. The van der Waals surface area contributed by atoms with E-state index in [4.69, 9.17) is 5.73 Å². The average Bonchev–Trinajstić information content (AvgIpc) is 2.94. The van der Waals surface area contributed by atoms with Crippen molar-refractivity contribution in [2.45, 2.75) is 17.9 Å². The maximum atomic E-state index is 12.0. The van der Waals surface area contributed by atoms with Crippen LogP contribution in [0.3, 0.4) is 0 Å². The lowest BCUT2D eigenvalue weighted by Crippen LogP contribution is -2.21. The lowest BCUT2D eigenvalue weighted by atomic mass is 10.1. The van der Waals surface area contributed by atoms with E-state index in [1.807, 2.05) is 23.8 Å². The fourth-order valence-electron chi connectivity index (χ4n) is 1.83. The molecule has 1 heterocycles. The number of thiophene rings is 1. The van der Waals surface area contributed by atoms with Crippen LogP contribution in [-0.4, -0.2) is 15.5 Å². The zero-order chi connectivity index (χ0) is 14.8. The molecular weight excluding hydrogens is 294 g/mol. The first-order valence-electron chi connectivity index (χ1n) is 6.06. The number of benzene rings is 1. The molecule has 7 heteroatoms. The molecule has 0 fully saturated rings. The predicted octanol–water partition coefficient (Wildman–Crippen LogP) is 2.41. The number of hydrogen-bond donors (Lipinski definition) is 3. The summed E-state index contributed by atoms with van der Waals surface area (Å²) in [5.41, 5.74) is 7.74. The fourth-order valence-corrected chi connectivity index (χ4v) is 3.51. The lowest BCUT2D eigenvalue weighted by molar-refractivity contribution is 0.588. The first-order valence-corrected chi connectivity index (χ1v) is 8.48. The molecule has 0 radical (unpaired) electrons. The van der Waals surface area contributed by atoms with Crippen LogP contribution in [0.5, 0.6) is 0 Å². The zero-order valence-electron chi connectivity index (χ0n) is 11.3. The molecule has 0 amide bonds. The molecule has 20 heavy (non-hydrogen) atoms. The second-order valence-electron chi connectivity index (χ2n) is 4.39. The smallest absolute Gasteiger partial charge is 0.242 e. The molecule has 1 aromatic carbocycles. The minimum atomic E-state index is -3.56. The molecule has 1 aromatic heterocycles. The third kappa shape index (κ3) is 3.12. The van der Waals surface area contributed by atoms with Gasteiger partial charge in [0.1, 0.15) is 4.90 Å². The van der Waals surface area contributed by atoms with Gasteiger partial charge in [-0.3, -0.25) is 0 Å². The Balaban J connectivity index is 2.37. The Morgan fingerprint density at radius 2 is 2.05 bits per heavy atom. The van der Waals surface area contributed by atoms with Crippen molar-refractivity contribution < 1.29 is 8.42 Å². The first-order chi connectivity index (χ1) is 9.44. The largest absolute Gasteiger partial charge is 0.399 e. The quantitative estimate of drug-likeness (QED) is 0.740. The summed E-state index contributed by atoms with van der Waals surface area (Å²) in [5.74, 6) is 0. The van der Waals surface area contributed by atoms with Crippen LogP contribution in [0.1, 0.15) is 18.5 Å². The van der Waals surface area contributed by atoms with Gasteiger partial charge in [-0.2, -0.15) is 11.3 Å². The second kappa shape index (κ2) is 5.82. The number of nitrogens with one attached hydrogen (secondary N) is 2. The van der Waals surface area contributed by atoms with Crippen molar-refractivity contribution >= 4 is 32.7 Å². The summed E-state index contributed by atoms with van der Waals surface area (Å²) >= 11 is 1.60. The maximum absolute atomic E-state index is 12.0. The molecule has 0 spiro atoms. The minimum absolute atomic E-state index is 0.00989. The third-order valence-corrected chi connectivity index (χ3v) is 5.13. The maximum Gasteiger partial charge on any atom is 0.242 e. The van der Waals surface area contributed by atoms with Crippen LogP contribution < -0.4 is 15.8 Å². The molecule has 0 bridgehead atoms. The van der Waals surface area contributed by atoms with Gasteiger partial charge in [0.25, 0.3) is 0 Å². The number of hydrogen-bond acceptors (Lipinski definition) is 5. The molecular formula is C13H17N3O2S2. The summed E-state index contributed by atoms with van der Waals surface area (Å²) in [7, 11) is -2.18. The highest BCUT2D eigenvalue weighted by atomic mass is 32.2. The van der Waals surface area contributed by atoms with E-state index in [-0.39, 0.29) is 10.9 Å². The van der Waals surface area contributed by atoms with Crippen LogP contribution in [0, 0.1) is 0 Å². The van der Waals surface area contributed by atoms with Crippen LogP contribution in [0.4, 0.5) is 11.4 Å². The normalized spacial score (nSPS) is 13.1. The van der Waals surface area contributed by atoms with Gasteiger partial charge in [0.05, 0.1) is 5.69 Å². The zero-order valence-corrected chi connectivity index (χ0v) is 12.9. The van der Waals surface area contributed by atoms with Crippen LogP contribution in [0.2, 0.25) is 0 Å². The Hall–Kier alpha value is -1.57. The van der Waals surface area contributed by atoms with Crippen molar-refractivity contribution in [2.75, 3.05) is 18.1 Å². The molecule has 0 saturated carbocycles. The van der Waals surface area contributed by atoms with Crippen molar-refractivity contribution in [3.05, 3.63) is 40.6 Å². The Morgan fingerprint density at radius 1 is 1.30 bits per heavy atom. The average molecular weight is 311 g/mol.